The van der Waals surface area contributed by atoms with Gasteiger partial charge in [-0.05, 0) is 117 Å². The second-order valence-electron chi connectivity index (χ2n) is 15.5. The number of azo groups is 3. The van der Waals surface area contributed by atoms with Crippen molar-refractivity contribution in [1.82, 2.24) is 0 Å². The molecule has 0 heterocycles. The van der Waals surface area contributed by atoms with Crippen LogP contribution in [0.3, 0.4) is 0 Å². The van der Waals surface area contributed by atoms with Crippen LogP contribution in [0.25, 0.3) is 0 Å². The minimum atomic E-state index is -0.830. The van der Waals surface area contributed by atoms with E-state index in [1.807, 2.05) is 41.5 Å². The first-order valence-electron chi connectivity index (χ1n) is 18.2. The van der Waals surface area contributed by atoms with E-state index >= 15 is 0 Å². The highest BCUT2D eigenvalue weighted by molar-refractivity contribution is 5.12. The Labute approximate surface area is 302 Å². The van der Waals surface area contributed by atoms with E-state index in [1.165, 1.54) is 12.8 Å². The molecular formula is C38H60N12. The summed E-state index contributed by atoms with van der Waals surface area (Å²) < 4.78 is 0. The number of hydrogen-bond acceptors (Lipinski definition) is 12. The number of nitrogens with zero attached hydrogens (tertiary/aromatic N) is 12. The fourth-order valence-corrected chi connectivity index (χ4v) is 5.53. The molecule has 0 aromatic heterocycles. The summed E-state index contributed by atoms with van der Waals surface area (Å²) in [5.74, 6) is 0.735. The normalized spacial score (nSPS) is 21.5. The van der Waals surface area contributed by atoms with Gasteiger partial charge >= 0.3 is 0 Å². The van der Waals surface area contributed by atoms with Gasteiger partial charge in [-0.1, -0.05) is 54.4 Å². The van der Waals surface area contributed by atoms with Crippen LogP contribution in [0.5, 0.6) is 0 Å². The maximum atomic E-state index is 9.34. The van der Waals surface area contributed by atoms with E-state index in [4.69, 9.17) is 10.5 Å². The van der Waals surface area contributed by atoms with Crippen LogP contribution < -0.4 is 0 Å². The van der Waals surface area contributed by atoms with E-state index in [0.29, 0.717) is 37.5 Å². The van der Waals surface area contributed by atoms with E-state index in [9.17, 15) is 21.0 Å². The van der Waals surface area contributed by atoms with Crippen LogP contribution in [-0.2, 0) is 0 Å². The number of hydrogen-bond donors (Lipinski definition) is 0. The monoisotopic (exact) mass is 685 g/mol. The summed E-state index contributed by atoms with van der Waals surface area (Å²) in [4.78, 5) is 0. The molecule has 4 atom stereocenters. The summed E-state index contributed by atoms with van der Waals surface area (Å²) in [5.41, 5.74) is -4.54. The van der Waals surface area contributed by atoms with Crippen molar-refractivity contribution in [3.05, 3.63) is 0 Å². The Morgan fingerprint density at radius 1 is 0.480 bits per heavy atom. The van der Waals surface area contributed by atoms with Crippen LogP contribution in [0.4, 0.5) is 0 Å². The Balaban J connectivity index is 0.000000728. The van der Waals surface area contributed by atoms with E-state index in [2.05, 4.69) is 67.1 Å². The Morgan fingerprint density at radius 3 is 0.940 bits per heavy atom. The molecule has 4 unspecified atom stereocenters. The maximum absolute atomic E-state index is 9.34. The molecule has 2 aliphatic rings. The molecule has 0 N–H and O–H groups in total. The SMILES string of the molecule is CC(C)CC(C)(C#N)N=NC(C)(C#N)CC(C)C.CCC(C)(C#N)N=NC(C)(C#N)CC.N#CC1(N=NC2(C#N)CCCCC2)CCCCC1. The van der Waals surface area contributed by atoms with Gasteiger partial charge in [0.05, 0.1) is 36.4 Å². The molecule has 0 aliphatic heterocycles. The summed E-state index contributed by atoms with van der Waals surface area (Å²) in [6.45, 7) is 18.9. The molecule has 0 aromatic rings. The highest BCUT2D eigenvalue weighted by atomic mass is 15.2. The van der Waals surface area contributed by atoms with Gasteiger partial charge in [0.25, 0.3) is 0 Å². The molecule has 2 fully saturated rings. The quantitative estimate of drug-likeness (QED) is 0.182. The van der Waals surface area contributed by atoms with Crippen molar-refractivity contribution >= 4 is 0 Å². The lowest BCUT2D eigenvalue weighted by atomic mass is 9.82. The van der Waals surface area contributed by atoms with Crippen molar-refractivity contribution in [3.63, 3.8) is 0 Å². The minimum absolute atomic E-state index is 0.368. The molecule has 272 valence electrons. The average Bonchev–Trinajstić information content (AvgIpc) is 3.13. The summed E-state index contributed by atoms with van der Waals surface area (Å²) in [6.07, 6.45) is 12.2. The first-order chi connectivity index (χ1) is 23.4. The molecule has 0 spiro atoms. The zero-order valence-corrected chi connectivity index (χ0v) is 32.4. The molecule has 0 bridgehead atoms. The van der Waals surface area contributed by atoms with Gasteiger partial charge in [-0.25, -0.2) is 0 Å². The standard InChI is InChI=1S/C14H20N4.C14H24N4.C10H16N4/c15-11-13(7-3-1-4-8-13)17-18-14(12-16)9-5-2-6-10-14;1-11(2)7-13(5,9-15)17-18-14(6,10-16)8-12(3)4;1-5-9(3,7-11)13-14-10(4,6-2)8-12/h1-10H2;11-12H,7-8H2,1-6H3;5-6H2,1-4H3. The third kappa shape index (κ3) is 16.0. The van der Waals surface area contributed by atoms with Crippen molar-refractivity contribution in [2.24, 2.45) is 42.5 Å². The summed E-state index contributed by atoms with van der Waals surface area (Å²) in [6, 6.07) is 13.2. The summed E-state index contributed by atoms with van der Waals surface area (Å²) >= 11 is 0. The van der Waals surface area contributed by atoms with Crippen molar-refractivity contribution in [1.29, 1.82) is 31.6 Å². The third-order valence-corrected chi connectivity index (χ3v) is 9.15. The Bertz CT molecular complexity index is 1290. The molecule has 12 heteroatoms. The van der Waals surface area contributed by atoms with Crippen LogP contribution in [0.2, 0.25) is 0 Å². The van der Waals surface area contributed by atoms with Gasteiger partial charge in [-0.2, -0.15) is 62.3 Å². The van der Waals surface area contributed by atoms with Gasteiger partial charge in [0.1, 0.15) is 0 Å². The molecule has 2 aliphatic carbocycles. The van der Waals surface area contributed by atoms with Crippen LogP contribution in [0.15, 0.2) is 30.7 Å². The predicted octanol–water partition coefficient (Wildman–Crippen LogP) is 10.8. The largest absolute Gasteiger partial charge is 0.196 e. The van der Waals surface area contributed by atoms with Crippen molar-refractivity contribution in [2.75, 3.05) is 0 Å². The molecule has 12 nitrogen and oxygen atoms in total. The zero-order chi connectivity index (χ0) is 38.5. The molecule has 0 radical (unpaired) electrons. The number of rotatable bonds is 12. The molecule has 2 rings (SSSR count). The third-order valence-electron chi connectivity index (χ3n) is 9.15. The first-order valence-corrected chi connectivity index (χ1v) is 18.2. The van der Waals surface area contributed by atoms with Crippen molar-refractivity contribution in [2.45, 2.75) is 192 Å². The topological polar surface area (TPSA) is 217 Å². The summed E-state index contributed by atoms with van der Waals surface area (Å²) in [5, 5.41) is 79.6. The second-order valence-corrected chi connectivity index (χ2v) is 15.5. The van der Waals surface area contributed by atoms with E-state index in [1.54, 1.807) is 27.7 Å². The van der Waals surface area contributed by atoms with E-state index in [-0.39, 0.29) is 0 Å². The average molecular weight is 685 g/mol. The van der Waals surface area contributed by atoms with Crippen LogP contribution >= 0.6 is 0 Å². The Morgan fingerprint density at radius 2 is 0.740 bits per heavy atom. The highest BCUT2D eigenvalue weighted by Crippen LogP contribution is 2.36. The Hall–Kier alpha value is -4.26. The van der Waals surface area contributed by atoms with Gasteiger partial charge in [0.15, 0.2) is 33.2 Å². The summed E-state index contributed by atoms with van der Waals surface area (Å²) in [7, 11) is 0. The van der Waals surface area contributed by atoms with Gasteiger partial charge in [0.2, 0.25) is 0 Å². The molecule has 0 saturated heterocycles. The minimum Gasteiger partial charge on any atom is -0.196 e. The molecule has 2 saturated carbocycles. The lowest BCUT2D eigenvalue weighted by Crippen LogP contribution is -2.31. The smallest absolute Gasteiger partial charge is 0.167 e. The van der Waals surface area contributed by atoms with Crippen LogP contribution in [0, 0.1) is 79.8 Å². The Kier molecular flexibility index (Phi) is 19.3. The molecular weight excluding hydrogens is 625 g/mol. The molecule has 0 amide bonds. The highest BCUT2D eigenvalue weighted by Gasteiger charge is 2.37. The predicted molar refractivity (Wildman–Crippen MR) is 193 cm³/mol. The zero-order valence-electron chi connectivity index (χ0n) is 32.4. The van der Waals surface area contributed by atoms with Gasteiger partial charge < -0.3 is 0 Å². The second kappa shape index (κ2) is 21.1. The van der Waals surface area contributed by atoms with Gasteiger partial charge in [0, 0.05) is 0 Å². The fraction of sp³-hybridized carbons (Fsp3) is 0.842. The fourth-order valence-electron chi connectivity index (χ4n) is 5.53. The van der Waals surface area contributed by atoms with Crippen LogP contribution in [0.1, 0.15) is 159 Å². The van der Waals surface area contributed by atoms with Gasteiger partial charge in [-0.3, -0.25) is 0 Å². The molecule has 50 heavy (non-hydrogen) atoms. The van der Waals surface area contributed by atoms with Crippen LogP contribution in [-0.4, -0.2) is 33.2 Å². The lowest BCUT2D eigenvalue weighted by molar-refractivity contribution is 0.310. The van der Waals surface area contributed by atoms with E-state index < -0.39 is 33.2 Å². The van der Waals surface area contributed by atoms with Crippen molar-refractivity contribution in [3.8, 4) is 36.4 Å². The van der Waals surface area contributed by atoms with E-state index in [0.717, 1.165) is 51.4 Å². The van der Waals surface area contributed by atoms with Gasteiger partial charge in [-0.15, -0.1) is 0 Å². The number of nitriles is 6. The lowest BCUT2D eigenvalue weighted by Gasteiger charge is -2.29. The molecule has 0 aromatic carbocycles. The first kappa shape index (κ1) is 45.7. The van der Waals surface area contributed by atoms with Crippen molar-refractivity contribution < 1.29 is 0 Å². The maximum Gasteiger partial charge on any atom is 0.167 e.